The van der Waals surface area contributed by atoms with Crippen LogP contribution in [0.4, 0.5) is 14.5 Å². The summed E-state index contributed by atoms with van der Waals surface area (Å²) in [5, 5.41) is 3.36. The van der Waals surface area contributed by atoms with Crippen LogP contribution in [0.15, 0.2) is 24.3 Å². The highest BCUT2D eigenvalue weighted by molar-refractivity contribution is 7.08. The van der Waals surface area contributed by atoms with Crippen LogP contribution in [-0.4, -0.2) is 22.0 Å². The summed E-state index contributed by atoms with van der Waals surface area (Å²) in [5.74, 6) is -0.442. The van der Waals surface area contributed by atoms with Gasteiger partial charge >= 0.3 is 0 Å². The minimum Gasteiger partial charge on any atom is -0.307 e. The summed E-state index contributed by atoms with van der Waals surface area (Å²) in [6.07, 6.45) is -1.07. The molecule has 2 heterocycles. The molecule has 1 aliphatic heterocycles. The van der Waals surface area contributed by atoms with Gasteiger partial charge in [0.15, 0.2) is 5.69 Å². The molecular weight excluding hydrogens is 284 g/mol. The summed E-state index contributed by atoms with van der Waals surface area (Å²) in [5.41, 5.74) is 1.32. The Labute approximate surface area is 118 Å². The number of hydrogen-bond donors (Lipinski definition) is 0. The maximum atomic E-state index is 12.8. The van der Waals surface area contributed by atoms with Crippen molar-refractivity contribution in [1.29, 1.82) is 0 Å². The van der Waals surface area contributed by atoms with E-state index in [1.165, 1.54) is 0 Å². The maximum Gasteiger partial charge on any atom is 0.283 e. The zero-order valence-corrected chi connectivity index (χ0v) is 11.2. The standard InChI is InChI=1S/C13H11F2N3OS/c14-12(15)10-11(20-17-16-10)13(19)18-7-3-5-8-4-1-2-6-9(8)18/h1-2,4,6,12H,3,5,7H2. The van der Waals surface area contributed by atoms with E-state index in [0.29, 0.717) is 6.54 Å². The van der Waals surface area contributed by atoms with Crippen molar-refractivity contribution in [1.82, 2.24) is 9.59 Å². The third-order valence-corrected chi connectivity index (χ3v) is 4.00. The molecule has 2 aromatic rings. The monoisotopic (exact) mass is 295 g/mol. The van der Waals surface area contributed by atoms with E-state index in [4.69, 9.17) is 0 Å². The Morgan fingerprint density at radius 1 is 1.35 bits per heavy atom. The van der Waals surface area contributed by atoms with E-state index in [-0.39, 0.29) is 4.88 Å². The minimum absolute atomic E-state index is 0.0725. The van der Waals surface area contributed by atoms with Gasteiger partial charge in [0, 0.05) is 12.2 Å². The number of fused-ring (bicyclic) bond motifs is 1. The number of nitrogens with zero attached hydrogens (tertiary/aromatic N) is 3. The van der Waals surface area contributed by atoms with Gasteiger partial charge in [-0.15, -0.1) is 5.10 Å². The van der Waals surface area contributed by atoms with Crippen molar-refractivity contribution in [2.75, 3.05) is 11.4 Å². The van der Waals surface area contributed by atoms with E-state index < -0.39 is 18.0 Å². The molecule has 0 N–H and O–H groups in total. The Morgan fingerprint density at radius 3 is 2.95 bits per heavy atom. The van der Waals surface area contributed by atoms with Gasteiger partial charge < -0.3 is 4.90 Å². The average molecular weight is 295 g/mol. The van der Waals surface area contributed by atoms with E-state index in [1.54, 1.807) is 4.90 Å². The summed E-state index contributed by atoms with van der Waals surface area (Å²) >= 11 is 0.722. The molecule has 1 aliphatic rings. The maximum absolute atomic E-state index is 12.8. The summed E-state index contributed by atoms with van der Waals surface area (Å²) in [4.78, 5) is 13.9. The molecule has 3 rings (SSSR count). The lowest BCUT2D eigenvalue weighted by molar-refractivity contribution is 0.0974. The van der Waals surface area contributed by atoms with Crippen molar-refractivity contribution in [3.63, 3.8) is 0 Å². The van der Waals surface area contributed by atoms with Crippen LogP contribution >= 0.6 is 11.5 Å². The van der Waals surface area contributed by atoms with Crippen molar-refractivity contribution < 1.29 is 13.6 Å². The number of anilines is 1. The number of para-hydroxylation sites is 1. The molecular formula is C13H11F2N3OS. The molecule has 104 valence electrons. The number of carbonyl (C=O) groups is 1. The van der Waals surface area contributed by atoms with Crippen LogP contribution in [-0.2, 0) is 6.42 Å². The third-order valence-electron chi connectivity index (χ3n) is 3.27. The second-order valence-corrected chi connectivity index (χ2v) is 5.23. The number of aryl methyl sites for hydroxylation is 1. The highest BCUT2D eigenvalue weighted by Gasteiger charge is 2.29. The van der Waals surface area contributed by atoms with E-state index in [2.05, 4.69) is 9.59 Å². The molecule has 0 bridgehead atoms. The van der Waals surface area contributed by atoms with Crippen molar-refractivity contribution in [3.05, 3.63) is 40.4 Å². The molecule has 0 unspecified atom stereocenters. The summed E-state index contributed by atoms with van der Waals surface area (Å²) < 4.78 is 29.1. The van der Waals surface area contributed by atoms with Gasteiger partial charge in [-0.05, 0) is 36.0 Å². The average Bonchev–Trinajstić information content (AvgIpc) is 2.95. The van der Waals surface area contributed by atoms with Crippen LogP contribution in [0.1, 0.15) is 33.8 Å². The highest BCUT2D eigenvalue weighted by atomic mass is 32.1. The Balaban J connectivity index is 1.98. The zero-order chi connectivity index (χ0) is 14.1. The number of halogens is 2. The second-order valence-electron chi connectivity index (χ2n) is 4.48. The van der Waals surface area contributed by atoms with Crippen LogP contribution in [0.2, 0.25) is 0 Å². The van der Waals surface area contributed by atoms with Crippen molar-refractivity contribution in [3.8, 4) is 0 Å². The van der Waals surface area contributed by atoms with Crippen LogP contribution in [0.5, 0.6) is 0 Å². The largest absolute Gasteiger partial charge is 0.307 e. The molecule has 0 fully saturated rings. The number of alkyl halides is 2. The molecule has 0 saturated carbocycles. The lowest BCUT2D eigenvalue weighted by atomic mass is 10.0. The number of hydrogen-bond acceptors (Lipinski definition) is 4. The quantitative estimate of drug-likeness (QED) is 0.855. The Morgan fingerprint density at radius 2 is 2.15 bits per heavy atom. The Kier molecular flexibility index (Phi) is 3.43. The first kappa shape index (κ1) is 13.1. The second kappa shape index (κ2) is 5.24. The Hall–Kier alpha value is -1.89. The number of benzene rings is 1. The van der Waals surface area contributed by atoms with E-state index in [1.807, 2.05) is 24.3 Å². The lowest BCUT2D eigenvalue weighted by Gasteiger charge is -2.29. The summed E-state index contributed by atoms with van der Waals surface area (Å²) in [7, 11) is 0. The highest BCUT2D eigenvalue weighted by Crippen LogP contribution is 2.31. The fourth-order valence-electron chi connectivity index (χ4n) is 2.36. The zero-order valence-electron chi connectivity index (χ0n) is 10.4. The first-order valence-corrected chi connectivity index (χ1v) is 6.96. The van der Waals surface area contributed by atoms with Gasteiger partial charge in [-0.1, -0.05) is 22.7 Å². The summed E-state index contributed by atoms with van der Waals surface area (Å²) in [6, 6.07) is 7.53. The number of carbonyl (C=O) groups excluding carboxylic acids is 1. The topological polar surface area (TPSA) is 46.1 Å². The van der Waals surface area contributed by atoms with Crippen LogP contribution in [0.25, 0.3) is 0 Å². The van der Waals surface area contributed by atoms with Gasteiger partial charge in [-0.2, -0.15) is 0 Å². The molecule has 20 heavy (non-hydrogen) atoms. The fourth-order valence-corrected chi connectivity index (χ4v) is 2.98. The van der Waals surface area contributed by atoms with Crippen LogP contribution < -0.4 is 4.90 Å². The molecule has 0 aliphatic carbocycles. The van der Waals surface area contributed by atoms with Gasteiger partial charge in [0.25, 0.3) is 12.3 Å². The van der Waals surface area contributed by atoms with E-state index in [0.717, 1.165) is 35.6 Å². The molecule has 1 aromatic heterocycles. The molecule has 7 heteroatoms. The van der Waals surface area contributed by atoms with Crippen LogP contribution in [0.3, 0.4) is 0 Å². The van der Waals surface area contributed by atoms with Crippen LogP contribution in [0, 0.1) is 0 Å². The molecule has 0 radical (unpaired) electrons. The SMILES string of the molecule is O=C(c1snnc1C(F)F)N1CCCc2ccccc21. The molecule has 1 amide bonds. The number of aromatic nitrogens is 2. The normalized spacial score (nSPS) is 14.4. The molecule has 0 saturated heterocycles. The van der Waals surface area contributed by atoms with Gasteiger partial charge in [0.05, 0.1) is 0 Å². The van der Waals surface area contributed by atoms with Gasteiger partial charge in [0.2, 0.25) is 0 Å². The lowest BCUT2D eigenvalue weighted by Crippen LogP contribution is -2.35. The molecule has 0 atom stereocenters. The predicted molar refractivity (Wildman–Crippen MR) is 71.3 cm³/mol. The Bertz CT molecular complexity index is 644. The summed E-state index contributed by atoms with van der Waals surface area (Å²) in [6.45, 7) is 0.524. The predicted octanol–water partition coefficient (Wildman–Crippen LogP) is 3.07. The number of rotatable bonds is 2. The fraction of sp³-hybridized carbons (Fsp3) is 0.308. The van der Waals surface area contributed by atoms with Crippen molar-refractivity contribution in [2.24, 2.45) is 0 Å². The van der Waals surface area contributed by atoms with Gasteiger partial charge in [-0.3, -0.25) is 4.79 Å². The molecule has 4 nitrogen and oxygen atoms in total. The molecule has 0 spiro atoms. The van der Waals surface area contributed by atoms with E-state index >= 15 is 0 Å². The first-order chi connectivity index (χ1) is 9.68. The smallest absolute Gasteiger partial charge is 0.283 e. The van der Waals surface area contributed by atoms with E-state index in [9.17, 15) is 13.6 Å². The molecule has 1 aromatic carbocycles. The van der Waals surface area contributed by atoms with Crippen molar-refractivity contribution >= 4 is 23.1 Å². The number of amides is 1. The first-order valence-electron chi connectivity index (χ1n) is 6.18. The third kappa shape index (κ3) is 2.18. The van der Waals surface area contributed by atoms with Gasteiger partial charge in [-0.25, -0.2) is 8.78 Å². The van der Waals surface area contributed by atoms with Gasteiger partial charge in [0.1, 0.15) is 4.88 Å². The minimum atomic E-state index is -2.78. The van der Waals surface area contributed by atoms with Crippen molar-refractivity contribution in [2.45, 2.75) is 19.3 Å².